The van der Waals surface area contributed by atoms with Gasteiger partial charge in [0.15, 0.2) is 6.20 Å². The molecule has 0 N–H and O–H groups in total. The molecule has 0 amide bonds. The minimum atomic E-state index is 0.192. The molecular weight excluding hydrogens is 386 g/mol. The molecule has 2 aromatic carbocycles. The summed E-state index contributed by atoms with van der Waals surface area (Å²) in [5.41, 5.74) is 9.64. The molecule has 0 spiro atoms. The van der Waals surface area contributed by atoms with E-state index in [9.17, 15) is 0 Å². The normalized spacial score (nSPS) is 11.7. The van der Waals surface area contributed by atoms with Gasteiger partial charge < -0.3 is 0 Å². The Hall–Kier alpha value is -2.41. The molecule has 3 rings (SSSR count). The molecule has 1 heterocycles. The van der Waals surface area contributed by atoms with E-state index in [0.717, 1.165) is 6.42 Å². The summed E-state index contributed by atoms with van der Waals surface area (Å²) in [6.07, 6.45) is 11.0. The maximum absolute atomic E-state index is 2.43. The average molecular weight is 429 g/mol. The van der Waals surface area contributed by atoms with E-state index < -0.39 is 0 Å². The molecule has 0 aliphatic heterocycles. The highest BCUT2D eigenvalue weighted by atomic mass is 14.9. The quantitative estimate of drug-likeness (QED) is 0.226. The Labute approximate surface area is 196 Å². The monoisotopic (exact) mass is 428 g/mol. The lowest BCUT2D eigenvalue weighted by Crippen LogP contribution is -2.32. The Morgan fingerprint density at radius 3 is 2.31 bits per heavy atom. The number of aromatic nitrogens is 1. The van der Waals surface area contributed by atoms with Gasteiger partial charge in [-0.1, -0.05) is 89.8 Å². The number of benzene rings is 2. The Kier molecular flexibility index (Phi) is 8.29. The Balaban J connectivity index is 1.98. The first-order valence-electron chi connectivity index (χ1n) is 12.6. The van der Waals surface area contributed by atoms with Crippen LogP contribution in [0.2, 0.25) is 0 Å². The van der Waals surface area contributed by atoms with Crippen molar-refractivity contribution in [3.8, 4) is 22.4 Å². The molecule has 1 heteroatoms. The minimum Gasteiger partial charge on any atom is -0.201 e. The number of aryl methyl sites for hydroxylation is 3. The third-order valence-electron chi connectivity index (χ3n) is 6.93. The molecule has 0 atom stereocenters. The summed E-state index contributed by atoms with van der Waals surface area (Å²) in [5, 5.41) is 0. The second-order valence-electron chi connectivity index (χ2n) is 10.1. The Morgan fingerprint density at radius 2 is 1.56 bits per heavy atom. The lowest BCUT2D eigenvalue weighted by atomic mass is 9.79. The van der Waals surface area contributed by atoms with Gasteiger partial charge in [-0.2, -0.15) is 0 Å². The lowest BCUT2D eigenvalue weighted by Gasteiger charge is -2.25. The zero-order chi connectivity index (χ0) is 23.1. The van der Waals surface area contributed by atoms with Crippen molar-refractivity contribution >= 4 is 0 Å². The molecule has 1 nitrogen and oxygen atoms in total. The summed E-state index contributed by atoms with van der Waals surface area (Å²) in [5.74, 6) is 0. The highest BCUT2D eigenvalue weighted by Gasteiger charge is 2.24. The predicted molar refractivity (Wildman–Crippen MR) is 139 cm³/mol. The summed E-state index contributed by atoms with van der Waals surface area (Å²) in [7, 11) is 2.17. The maximum atomic E-state index is 2.43. The first-order chi connectivity index (χ1) is 15.4. The van der Waals surface area contributed by atoms with Crippen molar-refractivity contribution in [3.63, 3.8) is 0 Å². The Morgan fingerprint density at radius 1 is 0.812 bits per heavy atom. The van der Waals surface area contributed by atoms with E-state index >= 15 is 0 Å². The second kappa shape index (κ2) is 10.9. The van der Waals surface area contributed by atoms with Crippen LogP contribution in [0.4, 0.5) is 0 Å². The molecule has 0 fully saturated rings. The van der Waals surface area contributed by atoms with E-state index in [1.807, 2.05) is 0 Å². The predicted octanol–water partition coefficient (Wildman–Crippen LogP) is 8.35. The largest absolute Gasteiger partial charge is 0.212 e. The highest BCUT2D eigenvalue weighted by Crippen LogP contribution is 2.33. The van der Waals surface area contributed by atoms with Crippen molar-refractivity contribution in [1.82, 2.24) is 0 Å². The van der Waals surface area contributed by atoms with Crippen LogP contribution in [0.25, 0.3) is 22.4 Å². The molecule has 0 bridgehead atoms. The summed E-state index contributed by atoms with van der Waals surface area (Å²) in [4.78, 5) is 0. The summed E-state index contributed by atoms with van der Waals surface area (Å²) in [6, 6.07) is 20.8. The lowest BCUT2D eigenvalue weighted by molar-refractivity contribution is -0.660. The minimum absolute atomic E-state index is 0.192. The zero-order valence-electron chi connectivity index (χ0n) is 21.2. The number of hydrogen-bond donors (Lipinski definition) is 0. The maximum Gasteiger partial charge on any atom is 0.212 e. The third-order valence-corrected chi connectivity index (χ3v) is 6.93. The second-order valence-corrected chi connectivity index (χ2v) is 10.1. The topological polar surface area (TPSA) is 3.88 Å². The first kappa shape index (κ1) is 24.2. The van der Waals surface area contributed by atoms with Crippen molar-refractivity contribution in [2.75, 3.05) is 0 Å². The van der Waals surface area contributed by atoms with Crippen molar-refractivity contribution in [1.29, 1.82) is 0 Å². The van der Waals surface area contributed by atoms with Crippen LogP contribution >= 0.6 is 0 Å². The van der Waals surface area contributed by atoms with Gasteiger partial charge in [-0.15, -0.1) is 0 Å². The molecule has 0 aliphatic rings. The van der Waals surface area contributed by atoms with Crippen LogP contribution in [-0.4, -0.2) is 0 Å². The van der Waals surface area contributed by atoms with E-state index in [2.05, 4.69) is 107 Å². The molecule has 1 aromatic heterocycles. The van der Waals surface area contributed by atoms with Crippen LogP contribution in [-0.2, 0) is 18.9 Å². The van der Waals surface area contributed by atoms with Crippen LogP contribution in [0.5, 0.6) is 0 Å². The average Bonchev–Trinajstić information content (AvgIpc) is 2.78. The van der Waals surface area contributed by atoms with Gasteiger partial charge in [0, 0.05) is 17.7 Å². The van der Waals surface area contributed by atoms with E-state index in [1.165, 1.54) is 77.6 Å². The molecule has 0 aliphatic carbocycles. The van der Waals surface area contributed by atoms with Crippen LogP contribution in [0, 0.1) is 6.92 Å². The van der Waals surface area contributed by atoms with Crippen molar-refractivity contribution in [2.45, 2.75) is 85.0 Å². The fourth-order valence-corrected chi connectivity index (χ4v) is 4.58. The van der Waals surface area contributed by atoms with E-state index in [4.69, 9.17) is 0 Å². The van der Waals surface area contributed by atoms with Gasteiger partial charge >= 0.3 is 0 Å². The standard InChI is InChI=1S/C31H42N/c1-7-9-11-19-31(4,5)28-18-20-32(6)30(23-28)29-22-27(17-16-24(29)3)26-15-12-14-25(21-26)13-10-8-2/h12,14-18,20-23H,7-11,13,19H2,1-6H3/q+1. The van der Waals surface area contributed by atoms with E-state index in [1.54, 1.807) is 0 Å². The zero-order valence-corrected chi connectivity index (χ0v) is 21.2. The SMILES string of the molecule is CCCCCC(C)(C)c1cc[n+](C)c(-c2cc(-c3cccc(CCCC)c3)ccc2C)c1. The molecule has 0 unspecified atom stereocenters. The van der Waals surface area contributed by atoms with Crippen LogP contribution < -0.4 is 4.57 Å². The molecule has 3 aromatic rings. The van der Waals surface area contributed by atoms with Gasteiger partial charge in [0.25, 0.3) is 0 Å². The van der Waals surface area contributed by atoms with Crippen molar-refractivity contribution < 1.29 is 4.57 Å². The van der Waals surface area contributed by atoms with Crippen molar-refractivity contribution in [2.24, 2.45) is 7.05 Å². The smallest absolute Gasteiger partial charge is 0.201 e. The van der Waals surface area contributed by atoms with Gasteiger partial charge in [-0.05, 0) is 65.5 Å². The fourth-order valence-electron chi connectivity index (χ4n) is 4.58. The van der Waals surface area contributed by atoms with E-state index in [0.29, 0.717) is 0 Å². The summed E-state index contributed by atoms with van der Waals surface area (Å²) >= 11 is 0. The number of hydrogen-bond acceptors (Lipinski definition) is 0. The molecule has 0 radical (unpaired) electrons. The van der Waals surface area contributed by atoms with Gasteiger partial charge in [-0.3, -0.25) is 0 Å². The fraction of sp³-hybridized carbons (Fsp3) is 0.452. The third kappa shape index (κ3) is 5.88. The Bertz CT molecular complexity index is 1030. The number of pyridine rings is 1. The summed E-state index contributed by atoms with van der Waals surface area (Å²) in [6.45, 7) is 11.6. The molecule has 170 valence electrons. The van der Waals surface area contributed by atoms with E-state index in [-0.39, 0.29) is 5.41 Å². The number of unbranched alkanes of at least 4 members (excludes halogenated alkanes) is 3. The molecule has 0 saturated heterocycles. The summed E-state index contributed by atoms with van der Waals surface area (Å²) < 4.78 is 2.27. The highest BCUT2D eigenvalue weighted by molar-refractivity contribution is 5.73. The van der Waals surface area contributed by atoms with Crippen LogP contribution in [0.1, 0.15) is 82.9 Å². The van der Waals surface area contributed by atoms with Gasteiger partial charge in [0.05, 0.1) is 0 Å². The molecule has 0 saturated carbocycles. The van der Waals surface area contributed by atoms with Crippen LogP contribution in [0.3, 0.4) is 0 Å². The van der Waals surface area contributed by atoms with Crippen molar-refractivity contribution in [3.05, 3.63) is 77.5 Å². The van der Waals surface area contributed by atoms with Gasteiger partial charge in [0.1, 0.15) is 7.05 Å². The molecule has 32 heavy (non-hydrogen) atoms. The van der Waals surface area contributed by atoms with Gasteiger partial charge in [0.2, 0.25) is 5.69 Å². The number of rotatable bonds is 10. The molecular formula is C31H42N+. The first-order valence-corrected chi connectivity index (χ1v) is 12.6. The van der Waals surface area contributed by atoms with Crippen LogP contribution in [0.15, 0.2) is 60.8 Å². The van der Waals surface area contributed by atoms with Gasteiger partial charge in [-0.25, -0.2) is 4.57 Å². The number of nitrogens with zero attached hydrogens (tertiary/aromatic N) is 1.